The van der Waals surface area contributed by atoms with E-state index in [1.807, 2.05) is 0 Å². The molecule has 1 aliphatic heterocycles. The predicted molar refractivity (Wildman–Crippen MR) is 87.3 cm³/mol. The maximum Gasteiger partial charge on any atom is 0.0751 e. The zero-order valence-electron chi connectivity index (χ0n) is 12.0. The summed E-state index contributed by atoms with van der Waals surface area (Å²) < 4.78 is 0. The predicted octanol–water partition coefficient (Wildman–Crippen LogP) is 5.13. The third-order valence-electron chi connectivity index (χ3n) is 4.19. The Kier molecular flexibility index (Phi) is 2.78. The van der Waals surface area contributed by atoms with E-state index in [0.717, 1.165) is 17.8 Å². The highest BCUT2D eigenvalue weighted by molar-refractivity contribution is 5.91. The summed E-state index contributed by atoms with van der Waals surface area (Å²) in [6.07, 6.45) is 0.938. The average Bonchev–Trinajstić information content (AvgIpc) is 2.89. The zero-order valence-corrected chi connectivity index (χ0v) is 12.0. The van der Waals surface area contributed by atoms with Crippen molar-refractivity contribution in [3.05, 3.63) is 83.4 Å². The lowest BCUT2D eigenvalue weighted by molar-refractivity contribution is 1.11. The summed E-state index contributed by atoms with van der Waals surface area (Å²) in [5.41, 5.74) is 8.75. The highest BCUT2D eigenvalue weighted by Gasteiger charge is 2.21. The minimum absolute atomic E-state index is 0.938. The Morgan fingerprint density at radius 1 is 0.714 bits per heavy atom. The summed E-state index contributed by atoms with van der Waals surface area (Å²) in [6.45, 7) is 2.17. The number of hydrogen-bond acceptors (Lipinski definition) is 0. The third kappa shape index (κ3) is 2.02. The van der Waals surface area contributed by atoms with Gasteiger partial charge in [-0.3, -0.25) is 0 Å². The lowest BCUT2D eigenvalue weighted by Crippen LogP contribution is -1.95. The van der Waals surface area contributed by atoms with Crippen molar-refractivity contribution < 1.29 is 0 Å². The lowest BCUT2D eigenvalue weighted by Gasteiger charge is -2.09. The van der Waals surface area contributed by atoms with Crippen molar-refractivity contribution in [1.29, 1.82) is 0 Å². The normalized spacial score (nSPS) is 11.7. The standard InChI is InChI=1S/C20H16N/c1-14-7-2-3-8-15(14)13-16-9-6-11-18-17-10-4-5-12-19(17)21-20(16)18/h2-12H,13H2,1H3. The molecule has 0 saturated heterocycles. The second kappa shape index (κ2) is 4.78. The van der Waals surface area contributed by atoms with Crippen LogP contribution in [0.25, 0.3) is 11.1 Å². The summed E-state index contributed by atoms with van der Waals surface area (Å²) >= 11 is 0. The quantitative estimate of drug-likeness (QED) is 0.479. The van der Waals surface area contributed by atoms with Gasteiger partial charge in [-0.15, -0.1) is 0 Å². The molecule has 0 aromatic heterocycles. The molecule has 0 atom stereocenters. The van der Waals surface area contributed by atoms with Gasteiger partial charge in [0.2, 0.25) is 0 Å². The topological polar surface area (TPSA) is 14.1 Å². The SMILES string of the molecule is Cc1ccccc1Cc1cccc2c1[N]c1ccccc1-2. The lowest BCUT2D eigenvalue weighted by atomic mass is 9.96. The van der Waals surface area contributed by atoms with Gasteiger partial charge in [0, 0.05) is 11.1 Å². The molecule has 0 aliphatic carbocycles. The van der Waals surface area contributed by atoms with Crippen LogP contribution in [-0.2, 0) is 6.42 Å². The summed E-state index contributed by atoms with van der Waals surface area (Å²) in [4.78, 5) is 0. The highest BCUT2D eigenvalue weighted by Crippen LogP contribution is 2.44. The first-order valence-electron chi connectivity index (χ1n) is 7.30. The van der Waals surface area contributed by atoms with Gasteiger partial charge in [0.15, 0.2) is 0 Å². The number of fused-ring (bicyclic) bond motifs is 3. The maximum absolute atomic E-state index is 4.84. The number of rotatable bonds is 2. The molecule has 0 amide bonds. The van der Waals surface area contributed by atoms with E-state index >= 15 is 0 Å². The number of aryl methyl sites for hydroxylation is 1. The van der Waals surface area contributed by atoms with Crippen molar-refractivity contribution >= 4 is 11.4 Å². The molecule has 1 heterocycles. The molecule has 101 valence electrons. The number of para-hydroxylation sites is 2. The van der Waals surface area contributed by atoms with Gasteiger partial charge in [-0.2, -0.15) is 0 Å². The molecule has 0 N–H and O–H groups in total. The molecular formula is C20H16N. The van der Waals surface area contributed by atoms with E-state index in [9.17, 15) is 0 Å². The fraction of sp³-hybridized carbons (Fsp3) is 0.100. The van der Waals surface area contributed by atoms with Crippen molar-refractivity contribution in [2.45, 2.75) is 13.3 Å². The molecule has 21 heavy (non-hydrogen) atoms. The maximum atomic E-state index is 4.84. The van der Waals surface area contributed by atoms with Crippen molar-refractivity contribution in [3.63, 3.8) is 0 Å². The number of nitrogens with zero attached hydrogens (tertiary/aromatic N) is 1. The van der Waals surface area contributed by atoms with Crippen LogP contribution in [0.5, 0.6) is 0 Å². The van der Waals surface area contributed by atoms with Gasteiger partial charge < -0.3 is 0 Å². The summed E-state index contributed by atoms with van der Waals surface area (Å²) in [5, 5.41) is 4.84. The summed E-state index contributed by atoms with van der Waals surface area (Å²) in [6, 6.07) is 23.5. The van der Waals surface area contributed by atoms with E-state index in [2.05, 4.69) is 73.7 Å². The van der Waals surface area contributed by atoms with Crippen LogP contribution in [-0.4, -0.2) is 0 Å². The molecule has 1 aliphatic rings. The van der Waals surface area contributed by atoms with Crippen LogP contribution in [0.3, 0.4) is 0 Å². The third-order valence-corrected chi connectivity index (χ3v) is 4.19. The molecule has 0 fully saturated rings. The fourth-order valence-corrected chi connectivity index (χ4v) is 3.02. The highest BCUT2D eigenvalue weighted by atomic mass is 14.9. The van der Waals surface area contributed by atoms with Crippen LogP contribution >= 0.6 is 0 Å². The Morgan fingerprint density at radius 3 is 2.33 bits per heavy atom. The van der Waals surface area contributed by atoms with Gasteiger partial charge in [-0.25, -0.2) is 5.32 Å². The van der Waals surface area contributed by atoms with E-state index in [0.29, 0.717) is 0 Å². The molecule has 3 aromatic carbocycles. The van der Waals surface area contributed by atoms with E-state index in [4.69, 9.17) is 5.32 Å². The first-order valence-corrected chi connectivity index (χ1v) is 7.30. The largest absolute Gasteiger partial charge is 0.247 e. The Hall–Kier alpha value is -2.54. The van der Waals surface area contributed by atoms with E-state index in [-0.39, 0.29) is 0 Å². The number of benzene rings is 3. The van der Waals surface area contributed by atoms with Gasteiger partial charge in [-0.05, 0) is 36.1 Å². The van der Waals surface area contributed by atoms with Gasteiger partial charge >= 0.3 is 0 Å². The van der Waals surface area contributed by atoms with E-state index in [1.54, 1.807) is 0 Å². The van der Waals surface area contributed by atoms with Crippen LogP contribution in [0, 0.1) is 6.92 Å². The molecule has 0 saturated carbocycles. The molecule has 3 aromatic rings. The van der Waals surface area contributed by atoms with Gasteiger partial charge in [-0.1, -0.05) is 60.7 Å². The molecule has 1 nitrogen and oxygen atoms in total. The van der Waals surface area contributed by atoms with Crippen molar-refractivity contribution in [1.82, 2.24) is 5.32 Å². The molecule has 1 heteroatoms. The Balaban J connectivity index is 1.78. The Morgan fingerprint density at radius 2 is 1.43 bits per heavy atom. The summed E-state index contributed by atoms with van der Waals surface area (Å²) in [7, 11) is 0. The molecule has 0 bridgehead atoms. The van der Waals surface area contributed by atoms with E-state index in [1.165, 1.54) is 27.8 Å². The first kappa shape index (κ1) is 12.2. The minimum Gasteiger partial charge on any atom is -0.247 e. The smallest absolute Gasteiger partial charge is 0.0751 e. The zero-order chi connectivity index (χ0) is 14.2. The second-order valence-corrected chi connectivity index (χ2v) is 5.55. The van der Waals surface area contributed by atoms with Crippen LogP contribution in [0.1, 0.15) is 16.7 Å². The molecule has 4 rings (SSSR count). The average molecular weight is 270 g/mol. The van der Waals surface area contributed by atoms with Crippen LogP contribution in [0.2, 0.25) is 0 Å². The van der Waals surface area contributed by atoms with Crippen molar-refractivity contribution in [2.24, 2.45) is 0 Å². The number of hydrogen-bond donors (Lipinski definition) is 0. The van der Waals surface area contributed by atoms with Gasteiger partial charge in [0.1, 0.15) is 0 Å². The monoisotopic (exact) mass is 270 g/mol. The second-order valence-electron chi connectivity index (χ2n) is 5.55. The molecule has 1 radical (unpaired) electrons. The molecular weight excluding hydrogens is 254 g/mol. The molecule has 0 spiro atoms. The van der Waals surface area contributed by atoms with Crippen molar-refractivity contribution in [3.8, 4) is 11.1 Å². The van der Waals surface area contributed by atoms with E-state index < -0.39 is 0 Å². The first-order chi connectivity index (χ1) is 10.3. The van der Waals surface area contributed by atoms with Crippen LogP contribution < -0.4 is 5.32 Å². The Bertz CT molecular complexity index is 818. The molecule has 0 unspecified atom stereocenters. The van der Waals surface area contributed by atoms with Crippen molar-refractivity contribution in [2.75, 3.05) is 0 Å². The minimum atomic E-state index is 0.938. The fourth-order valence-electron chi connectivity index (χ4n) is 3.02. The Labute approximate surface area is 125 Å². The van der Waals surface area contributed by atoms with Gasteiger partial charge in [0.25, 0.3) is 0 Å². The summed E-state index contributed by atoms with van der Waals surface area (Å²) in [5.74, 6) is 0. The van der Waals surface area contributed by atoms with Gasteiger partial charge in [0.05, 0.1) is 11.4 Å². The van der Waals surface area contributed by atoms with Crippen LogP contribution in [0.15, 0.2) is 66.7 Å². The van der Waals surface area contributed by atoms with Crippen LogP contribution in [0.4, 0.5) is 11.4 Å².